The van der Waals surface area contributed by atoms with Gasteiger partial charge in [-0.3, -0.25) is 0 Å². The molecule has 1 aromatic heterocycles. The maximum Gasteiger partial charge on any atom is 0.416 e. The van der Waals surface area contributed by atoms with Gasteiger partial charge in [-0.05, 0) is 134 Å². The van der Waals surface area contributed by atoms with Crippen molar-refractivity contribution in [3.8, 4) is 39.1 Å². The van der Waals surface area contributed by atoms with E-state index in [1.54, 1.807) is 6.07 Å². The Kier molecular flexibility index (Phi) is 8.97. The van der Waals surface area contributed by atoms with Gasteiger partial charge in [0.25, 0.3) is 0 Å². The summed E-state index contributed by atoms with van der Waals surface area (Å²) in [4.78, 5) is 2.25. The van der Waals surface area contributed by atoms with Crippen molar-refractivity contribution >= 4 is 60.4 Å². The molecule has 0 atom stereocenters. The number of anilines is 3. The lowest BCUT2D eigenvalue weighted by molar-refractivity contribution is -0.137. The van der Waals surface area contributed by atoms with E-state index < -0.39 is 11.7 Å². The van der Waals surface area contributed by atoms with E-state index >= 15 is 0 Å². The Labute approximate surface area is 357 Å². The number of halogens is 3. The number of para-hydroxylation sites is 2. The normalized spacial score (nSPS) is 11.8. The third-order valence-electron chi connectivity index (χ3n) is 12.0. The van der Waals surface area contributed by atoms with Crippen LogP contribution in [0.4, 0.5) is 30.2 Å². The zero-order chi connectivity index (χ0) is 41.8. The molecule has 5 heteroatoms. The molecular formula is C57H37F3N2. The molecule has 1 heterocycles. The fourth-order valence-corrected chi connectivity index (χ4v) is 9.19. The predicted octanol–water partition coefficient (Wildman–Crippen LogP) is 16.6. The van der Waals surface area contributed by atoms with Crippen LogP contribution in [0, 0.1) is 0 Å². The number of nitrogens with zero attached hydrogens (tertiary/aromatic N) is 2. The Hall–Kier alpha value is -7.89. The summed E-state index contributed by atoms with van der Waals surface area (Å²) >= 11 is 0. The minimum absolute atomic E-state index is 0.559. The first-order chi connectivity index (χ1) is 30.4. The maximum absolute atomic E-state index is 14.0. The molecule has 0 aliphatic rings. The SMILES string of the molecule is FC(F)(F)c1ccc2c(c1)c1cc(-c3ccc(N(c4ccccc4)c4ccc(-c5c6ccccc6c(-c6ccccc6)c6ccccc56)cc4)cc3)ccc1n2-c1ccccc1. The molecule has 10 aromatic carbocycles. The van der Waals surface area contributed by atoms with Crippen LogP contribution in [-0.4, -0.2) is 4.57 Å². The van der Waals surface area contributed by atoms with Gasteiger partial charge in [-0.25, -0.2) is 0 Å². The van der Waals surface area contributed by atoms with E-state index in [1.807, 2.05) is 71.3 Å². The molecule has 0 spiro atoms. The smallest absolute Gasteiger partial charge is 0.311 e. The molecule has 0 saturated heterocycles. The summed E-state index contributed by atoms with van der Waals surface area (Å²) in [6, 6.07) is 75.4. The lowest BCUT2D eigenvalue weighted by Gasteiger charge is -2.26. The third-order valence-corrected chi connectivity index (χ3v) is 12.0. The molecule has 0 aliphatic carbocycles. The van der Waals surface area contributed by atoms with Gasteiger partial charge in [-0.15, -0.1) is 0 Å². The van der Waals surface area contributed by atoms with Gasteiger partial charge in [0.15, 0.2) is 0 Å². The molecule has 0 radical (unpaired) electrons. The topological polar surface area (TPSA) is 8.17 Å². The molecule has 0 bridgehead atoms. The van der Waals surface area contributed by atoms with Crippen LogP contribution in [0.5, 0.6) is 0 Å². The second-order valence-corrected chi connectivity index (χ2v) is 15.6. The van der Waals surface area contributed by atoms with Crippen molar-refractivity contribution in [1.29, 1.82) is 0 Å². The number of fused-ring (bicyclic) bond motifs is 5. The highest BCUT2D eigenvalue weighted by Crippen LogP contribution is 2.45. The standard InChI is InChI=1S/C57H37F3N2/c58-57(59,60)42-29-35-54-52(37-42)51-36-41(28-34-53(51)62(54)44-18-8-3-9-19-44)38-24-30-45(31-25-38)61(43-16-6-2-7-17-43)46-32-26-40(27-33-46)56-49-22-12-10-20-47(49)55(39-14-4-1-5-15-39)48-21-11-13-23-50(48)56/h1-37H. The maximum atomic E-state index is 14.0. The third kappa shape index (κ3) is 6.38. The molecule has 0 amide bonds. The Balaban J connectivity index is 0.993. The van der Waals surface area contributed by atoms with E-state index in [0.29, 0.717) is 5.39 Å². The molecule has 0 aliphatic heterocycles. The summed E-state index contributed by atoms with van der Waals surface area (Å²) in [6.45, 7) is 0. The Morgan fingerprint density at radius 1 is 0.323 bits per heavy atom. The van der Waals surface area contributed by atoms with E-state index in [9.17, 15) is 13.2 Å². The second kappa shape index (κ2) is 15.0. The lowest BCUT2D eigenvalue weighted by Crippen LogP contribution is -2.09. The minimum atomic E-state index is -4.45. The van der Waals surface area contributed by atoms with Crippen molar-refractivity contribution in [2.45, 2.75) is 6.18 Å². The van der Waals surface area contributed by atoms with E-state index in [0.717, 1.165) is 55.9 Å². The number of hydrogen-bond donors (Lipinski definition) is 0. The summed E-state index contributed by atoms with van der Waals surface area (Å²) in [5.74, 6) is 0. The van der Waals surface area contributed by atoms with E-state index in [-0.39, 0.29) is 0 Å². The first-order valence-corrected chi connectivity index (χ1v) is 20.7. The van der Waals surface area contributed by atoms with Crippen LogP contribution in [0.1, 0.15) is 5.56 Å². The largest absolute Gasteiger partial charge is 0.416 e. The molecule has 0 saturated carbocycles. The van der Waals surface area contributed by atoms with Gasteiger partial charge in [0, 0.05) is 33.5 Å². The van der Waals surface area contributed by atoms with Gasteiger partial charge < -0.3 is 9.47 Å². The zero-order valence-electron chi connectivity index (χ0n) is 33.4. The number of rotatable bonds is 7. The molecule has 0 fully saturated rings. The van der Waals surface area contributed by atoms with Crippen LogP contribution < -0.4 is 4.90 Å². The monoisotopic (exact) mass is 806 g/mol. The summed E-state index contributed by atoms with van der Waals surface area (Å²) in [5.41, 5.74) is 11.5. The highest BCUT2D eigenvalue weighted by Gasteiger charge is 2.31. The molecule has 11 rings (SSSR count). The molecule has 11 aromatic rings. The zero-order valence-corrected chi connectivity index (χ0v) is 33.4. The van der Waals surface area contributed by atoms with Crippen LogP contribution >= 0.6 is 0 Å². The first kappa shape index (κ1) is 37.1. The number of alkyl halides is 3. The fraction of sp³-hybridized carbons (Fsp3) is 0.0175. The van der Waals surface area contributed by atoms with Crippen LogP contribution in [-0.2, 0) is 6.18 Å². The molecule has 296 valence electrons. The number of benzene rings is 10. The van der Waals surface area contributed by atoms with Gasteiger partial charge >= 0.3 is 6.18 Å². The van der Waals surface area contributed by atoms with Gasteiger partial charge in [0.1, 0.15) is 0 Å². The van der Waals surface area contributed by atoms with Gasteiger partial charge in [-0.1, -0.05) is 146 Å². The van der Waals surface area contributed by atoms with Crippen LogP contribution in [0.3, 0.4) is 0 Å². The second-order valence-electron chi connectivity index (χ2n) is 15.6. The number of hydrogen-bond acceptors (Lipinski definition) is 1. The summed E-state index contributed by atoms with van der Waals surface area (Å²) in [5, 5.41) is 6.17. The van der Waals surface area contributed by atoms with Crippen LogP contribution in [0.15, 0.2) is 224 Å². The van der Waals surface area contributed by atoms with E-state index in [2.05, 4.69) is 144 Å². The number of aromatic nitrogens is 1. The highest BCUT2D eigenvalue weighted by molar-refractivity contribution is 6.21. The Morgan fingerprint density at radius 2 is 0.726 bits per heavy atom. The van der Waals surface area contributed by atoms with Crippen molar-refractivity contribution < 1.29 is 13.2 Å². The van der Waals surface area contributed by atoms with Gasteiger partial charge in [0.05, 0.1) is 16.6 Å². The molecule has 0 unspecified atom stereocenters. The minimum Gasteiger partial charge on any atom is -0.311 e. The van der Waals surface area contributed by atoms with Gasteiger partial charge in [0.2, 0.25) is 0 Å². The average molecular weight is 807 g/mol. The van der Waals surface area contributed by atoms with Crippen molar-refractivity contribution in [3.63, 3.8) is 0 Å². The summed E-state index contributed by atoms with van der Waals surface area (Å²) in [7, 11) is 0. The first-order valence-electron chi connectivity index (χ1n) is 20.7. The molecular weight excluding hydrogens is 770 g/mol. The van der Waals surface area contributed by atoms with Crippen molar-refractivity contribution in [1.82, 2.24) is 4.57 Å². The van der Waals surface area contributed by atoms with E-state index in [4.69, 9.17) is 0 Å². The van der Waals surface area contributed by atoms with Crippen LogP contribution in [0.2, 0.25) is 0 Å². The highest BCUT2D eigenvalue weighted by atomic mass is 19.4. The van der Waals surface area contributed by atoms with E-state index in [1.165, 1.54) is 50.4 Å². The Morgan fingerprint density at radius 3 is 1.26 bits per heavy atom. The summed E-state index contributed by atoms with van der Waals surface area (Å²) < 4.78 is 44.0. The molecule has 62 heavy (non-hydrogen) atoms. The summed E-state index contributed by atoms with van der Waals surface area (Å²) in [6.07, 6.45) is -4.45. The quantitative estimate of drug-likeness (QED) is 0.146. The fourth-order valence-electron chi connectivity index (χ4n) is 9.19. The Bertz CT molecular complexity index is 3350. The molecule has 0 N–H and O–H groups in total. The van der Waals surface area contributed by atoms with Crippen molar-refractivity contribution in [2.75, 3.05) is 4.90 Å². The lowest BCUT2D eigenvalue weighted by atomic mass is 9.86. The van der Waals surface area contributed by atoms with Gasteiger partial charge in [-0.2, -0.15) is 13.2 Å². The van der Waals surface area contributed by atoms with Crippen molar-refractivity contribution in [2.24, 2.45) is 0 Å². The predicted molar refractivity (Wildman–Crippen MR) is 252 cm³/mol. The molecule has 2 nitrogen and oxygen atoms in total. The van der Waals surface area contributed by atoms with Crippen molar-refractivity contribution in [3.05, 3.63) is 230 Å². The average Bonchev–Trinajstić information content (AvgIpc) is 3.65. The van der Waals surface area contributed by atoms with Crippen LogP contribution in [0.25, 0.3) is 82.4 Å².